The van der Waals surface area contributed by atoms with Gasteiger partial charge in [-0.05, 0) is 6.07 Å². The molecule has 0 bridgehead atoms. The van der Waals surface area contributed by atoms with Gasteiger partial charge in [0.25, 0.3) is 0 Å². The molecule has 2 rings (SSSR count). The fourth-order valence-corrected chi connectivity index (χ4v) is 1.57. The number of nitrogens with zero attached hydrogens (tertiary/aromatic N) is 3. The Bertz CT molecular complexity index is 657. The fraction of sp³-hybridized carbons (Fsp3) is 0.222. The van der Waals surface area contributed by atoms with Gasteiger partial charge in [0.1, 0.15) is 0 Å². The van der Waals surface area contributed by atoms with Crippen LogP contribution in [-0.4, -0.2) is 14.1 Å². The maximum Gasteiger partial charge on any atom is 0.317 e. The molecule has 6 heteroatoms. The van der Waals surface area contributed by atoms with E-state index in [1.807, 2.05) is 0 Å². The van der Waals surface area contributed by atoms with E-state index in [4.69, 9.17) is 11.6 Å². The lowest BCUT2D eigenvalue weighted by Gasteiger charge is -2.07. The van der Waals surface area contributed by atoms with E-state index in [-0.39, 0.29) is 0 Å². The lowest BCUT2D eigenvalue weighted by atomic mass is 10.4. The van der Waals surface area contributed by atoms with E-state index in [1.54, 1.807) is 6.07 Å². The van der Waals surface area contributed by atoms with Crippen molar-refractivity contribution in [3.8, 4) is 0 Å². The van der Waals surface area contributed by atoms with Crippen LogP contribution in [0.15, 0.2) is 21.9 Å². The standard InChI is InChI=1S/C9H8ClN3O2/c1-12-6-3-5(10)4-11-7(6)13(2)9(15)8(12)14/h3-4H,1-2H3. The average molecular weight is 226 g/mol. The molecule has 2 aromatic heterocycles. The molecule has 0 aliphatic carbocycles. The van der Waals surface area contributed by atoms with Crippen LogP contribution in [-0.2, 0) is 14.1 Å². The summed E-state index contributed by atoms with van der Waals surface area (Å²) < 4.78 is 2.46. The van der Waals surface area contributed by atoms with Crippen molar-refractivity contribution in [1.82, 2.24) is 14.1 Å². The molecule has 2 aromatic rings. The van der Waals surface area contributed by atoms with Crippen LogP contribution >= 0.6 is 11.6 Å². The van der Waals surface area contributed by atoms with Crippen molar-refractivity contribution in [2.75, 3.05) is 0 Å². The lowest BCUT2D eigenvalue weighted by molar-refractivity contribution is 0.788. The van der Waals surface area contributed by atoms with E-state index < -0.39 is 11.1 Å². The van der Waals surface area contributed by atoms with E-state index in [2.05, 4.69) is 4.98 Å². The smallest absolute Gasteiger partial charge is 0.304 e. The second kappa shape index (κ2) is 3.20. The zero-order chi connectivity index (χ0) is 11.2. The summed E-state index contributed by atoms with van der Waals surface area (Å²) in [6, 6.07) is 1.60. The number of aryl methyl sites for hydroxylation is 2. The summed E-state index contributed by atoms with van der Waals surface area (Å²) in [6.45, 7) is 0. The van der Waals surface area contributed by atoms with E-state index in [0.29, 0.717) is 16.2 Å². The predicted molar refractivity (Wildman–Crippen MR) is 57.2 cm³/mol. The van der Waals surface area contributed by atoms with Crippen LogP contribution < -0.4 is 11.1 Å². The van der Waals surface area contributed by atoms with Crippen molar-refractivity contribution in [2.45, 2.75) is 0 Å². The Balaban J connectivity index is 3.15. The summed E-state index contributed by atoms with van der Waals surface area (Å²) >= 11 is 5.77. The minimum absolute atomic E-state index is 0.427. The van der Waals surface area contributed by atoms with Gasteiger partial charge in [0, 0.05) is 20.3 Å². The molecule has 0 unspecified atom stereocenters. The van der Waals surface area contributed by atoms with Crippen molar-refractivity contribution in [3.05, 3.63) is 38.0 Å². The van der Waals surface area contributed by atoms with Gasteiger partial charge in [0.15, 0.2) is 5.65 Å². The van der Waals surface area contributed by atoms with E-state index >= 15 is 0 Å². The third-order valence-corrected chi connectivity index (χ3v) is 2.49. The number of hydrogen-bond acceptors (Lipinski definition) is 3. The molecule has 0 radical (unpaired) electrons. The Morgan fingerprint density at radius 1 is 1.20 bits per heavy atom. The van der Waals surface area contributed by atoms with Gasteiger partial charge in [0.05, 0.1) is 10.5 Å². The number of hydrogen-bond donors (Lipinski definition) is 0. The zero-order valence-electron chi connectivity index (χ0n) is 8.19. The summed E-state index contributed by atoms with van der Waals surface area (Å²) in [5.41, 5.74) is -0.213. The maximum absolute atomic E-state index is 11.5. The second-order valence-electron chi connectivity index (χ2n) is 3.22. The monoisotopic (exact) mass is 225 g/mol. The first-order valence-electron chi connectivity index (χ1n) is 4.23. The van der Waals surface area contributed by atoms with Crippen molar-refractivity contribution < 1.29 is 0 Å². The summed E-state index contributed by atoms with van der Waals surface area (Å²) in [7, 11) is 3.02. The number of fused-ring (bicyclic) bond motifs is 1. The van der Waals surface area contributed by atoms with Crippen molar-refractivity contribution in [3.63, 3.8) is 0 Å². The van der Waals surface area contributed by atoms with Crippen LogP contribution in [0, 0.1) is 0 Å². The maximum atomic E-state index is 11.5. The molecule has 0 saturated heterocycles. The molecule has 15 heavy (non-hydrogen) atoms. The van der Waals surface area contributed by atoms with Gasteiger partial charge in [0.2, 0.25) is 0 Å². The minimum Gasteiger partial charge on any atom is -0.304 e. The molecule has 0 N–H and O–H groups in total. The van der Waals surface area contributed by atoms with Gasteiger partial charge in [-0.15, -0.1) is 0 Å². The predicted octanol–water partition coefficient (Wildman–Crippen LogP) is 0.286. The molecule has 2 heterocycles. The first-order chi connectivity index (χ1) is 7.02. The normalized spacial score (nSPS) is 10.9. The number of aromatic nitrogens is 3. The highest BCUT2D eigenvalue weighted by molar-refractivity contribution is 6.31. The van der Waals surface area contributed by atoms with Crippen LogP contribution in [0.1, 0.15) is 0 Å². The summed E-state index contributed by atoms with van der Waals surface area (Å²) in [5, 5.41) is 0.427. The highest BCUT2D eigenvalue weighted by Gasteiger charge is 2.08. The Morgan fingerprint density at radius 3 is 2.47 bits per heavy atom. The topological polar surface area (TPSA) is 56.9 Å². The lowest BCUT2D eigenvalue weighted by Crippen LogP contribution is -2.39. The highest BCUT2D eigenvalue weighted by atomic mass is 35.5. The minimum atomic E-state index is -0.597. The van der Waals surface area contributed by atoms with Crippen molar-refractivity contribution >= 4 is 22.8 Å². The number of halogens is 1. The van der Waals surface area contributed by atoms with Gasteiger partial charge in [-0.3, -0.25) is 14.2 Å². The molecule has 78 valence electrons. The first kappa shape index (κ1) is 9.92. The number of pyridine rings is 1. The van der Waals surface area contributed by atoms with Crippen molar-refractivity contribution in [2.24, 2.45) is 14.1 Å². The molecule has 0 spiro atoms. The van der Waals surface area contributed by atoms with Crippen LogP contribution in [0.4, 0.5) is 0 Å². The van der Waals surface area contributed by atoms with E-state index in [9.17, 15) is 9.59 Å². The summed E-state index contributed by atoms with van der Waals surface area (Å²) in [6.07, 6.45) is 1.44. The SMILES string of the molecule is Cn1c(=O)c(=O)n(C)c2ncc(Cl)cc21. The Morgan fingerprint density at radius 2 is 1.80 bits per heavy atom. The summed E-state index contributed by atoms with van der Waals surface area (Å²) in [5.74, 6) is 0. The molecule has 0 aliphatic rings. The molecule has 5 nitrogen and oxygen atoms in total. The first-order valence-corrected chi connectivity index (χ1v) is 4.61. The Hall–Kier alpha value is -1.62. The molecular formula is C9H8ClN3O2. The van der Waals surface area contributed by atoms with Gasteiger partial charge < -0.3 is 4.57 Å². The van der Waals surface area contributed by atoms with Crippen LogP contribution in [0.5, 0.6) is 0 Å². The molecule has 0 amide bonds. The van der Waals surface area contributed by atoms with Gasteiger partial charge in [-0.2, -0.15) is 0 Å². The van der Waals surface area contributed by atoms with Gasteiger partial charge in [-0.25, -0.2) is 4.98 Å². The van der Waals surface area contributed by atoms with Crippen LogP contribution in [0.2, 0.25) is 5.02 Å². The number of rotatable bonds is 0. The quantitative estimate of drug-likeness (QED) is 0.606. The highest BCUT2D eigenvalue weighted by Crippen LogP contribution is 2.12. The van der Waals surface area contributed by atoms with E-state index in [0.717, 1.165) is 0 Å². The molecule has 0 fully saturated rings. The van der Waals surface area contributed by atoms with Gasteiger partial charge in [-0.1, -0.05) is 11.6 Å². The molecule has 0 atom stereocenters. The van der Waals surface area contributed by atoms with Gasteiger partial charge >= 0.3 is 11.1 Å². The van der Waals surface area contributed by atoms with Crippen LogP contribution in [0.25, 0.3) is 11.2 Å². The average Bonchev–Trinajstić information content (AvgIpc) is 2.23. The third kappa shape index (κ3) is 1.35. The van der Waals surface area contributed by atoms with Crippen LogP contribution in [0.3, 0.4) is 0 Å². The molecular weight excluding hydrogens is 218 g/mol. The third-order valence-electron chi connectivity index (χ3n) is 2.29. The molecule has 0 saturated carbocycles. The Kier molecular flexibility index (Phi) is 2.12. The van der Waals surface area contributed by atoms with E-state index in [1.165, 1.54) is 29.4 Å². The fourth-order valence-electron chi connectivity index (χ4n) is 1.42. The zero-order valence-corrected chi connectivity index (χ0v) is 8.95. The second-order valence-corrected chi connectivity index (χ2v) is 3.66. The largest absolute Gasteiger partial charge is 0.317 e. The van der Waals surface area contributed by atoms with Crippen molar-refractivity contribution in [1.29, 1.82) is 0 Å². The molecule has 0 aromatic carbocycles. The Labute approximate surface area is 89.5 Å². The molecule has 0 aliphatic heterocycles. The summed E-state index contributed by atoms with van der Waals surface area (Å²) in [4.78, 5) is 26.9.